The number of rotatable bonds is 7. The van der Waals surface area contributed by atoms with E-state index in [9.17, 15) is 18.3 Å². The number of benzene rings is 1. The smallest absolute Gasteiger partial charge is 0.241 e. The number of hydrogen-bond acceptors (Lipinski definition) is 5. The maximum absolute atomic E-state index is 12.0. The van der Waals surface area contributed by atoms with Crippen molar-refractivity contribution in [2.24, 2.45) is 0 Å². The van der Waals surface area contributed by atoms with Gasteiger partial charge >= 0.3 is 0 Å². The Balaban J connectivity index is 2.87. The number of sulfonamides is 1. The van der Waals surface area contributed by atoms with Gasteiger partial charge in [0.15, 0.2) is 0 Å². The molecule has 0 heterocycles. The van der Waals surface area contributed by atoms with Crippen molar-refractivity contribution in [2.75, 3.05) is 12.0 Å². The molecule has 1 rings (SSSR count). The predicted molar refractivity (Wildman–Crippen MR) is 73.3 cm³/mol. The van der Waals surface area contributed by atoms with Gasteiger partial charge in [-0.3, -0.25) is 0 Å². The topological polar surface area (TPSA) is 86.3 Å². The van der Waals surface area contributed by atoms with Crippen molar-refractivity contribution in [3.63, 3.8) is 0 Å². The van der Waals surface area contributed by atoms with Crippen LogP contribution in [0.5, 0.6) is 0 Å². The second-order valence-electron chi connectivity index (χ2n) is 4.09. The summed E-state index contributed by atoms with van der Waals surface area (Å²) in [6, 6.07) is 4.99. The lowest BCUT2D eigenvalue weighted by Crippen LogP contribution is -2.48. The fraction of sp³-hybridized carbons (Fsp3) is 0.417. The van der Waals surface area contributed by atoms with E-state index in [0.29, 0.717) is 5.75 Å². The summed E-state index contributed by atoms with van der Waals surface area (Å²) in [6.45, 7) is 1.84. The van der Waals surface area contributed by atoms with Gasteiger partial charge in [0.2, 0.25) is 10.0 Å². The summed E-state index contributed by atoms with van der Waals surface area (Å²) in [5.74, 6) is -0.876. The highest BCUT2D eigenvalue weighted by Crippen LogP contribution is 2.11. The standard InChI is InChI=1S/C12H17NO4S2/c1-9-3-5-10(6-4-9)19(16,17)13-11(12(14)15)7-8-18-2/h3-6,11,13H,7-8H2,1-2H3,(H,14,15)/p-1/t11-/m1/s1. The fourth-order valence-corrected chi connectivity index (χ4v) is 3.12. The Labute approximate surface area is 117 Å². The zero-order valence-corrected chi connectivity index (χ0v) is 12.4. The van der Waals surface area contributed by atoms with Gasteiger partial charge in [-0.25, -0.2) is 13.1 Å². The Morgan fingerprint density at radius 3 is 2.42 bits per heavy atom. The number of carboxylic acid groups (broad SMARTS) is 1. The molecule has 0 saturated heterocycles. The molecule has 0 amide bonds. The van der Waals surface area contributed by atoms with Crippen LogP contribution in [0, 0.1) is 6.92 Å². The van der Waals surface area contributed by atoms with Crippen molar-refractivity contribution in [3.8, 4) is 0 Å². The molecule has 0 radical (unpaired) electrons. The number of carboxylic acids is 1. The van der Waals surface area contributed by atoms with Gasteiger partial charge in [-0.05, 0) is 37.5 Å². The van der Waals surface area contributed by atoms with Crippen molar-refractivity contribution in [3.05, 3.63) is 29.8 Å². The van der Waals surface area contributed by atoms with Crippen LogP contribution in [-0.4, -0.2) is 32.4 Å². The maximum atomic E-state index is 12.0. The lowest BCUT2D eigenvalue weighted by molar-refractivity contribution is -0.308. The zero-order chi connectivity index (χ0) is 14.5. The second-order valence-corrected chi connectivity index (χ2v) is 6.79. The Hall–Kier alpha value is -1.05. The van der Waals surface area contributed by atoms with E-state index in [0.717, 1.165) is 5.56 Å². The monoisotopic (exact) mass is 302 g/mol. The fourth-order valence-electron chi connectivity index (χ4n) is 1.43. The first-order chi connectivity index (χ1) is 8.86. The summed E-state index contributed by atoms with van der Waals surface area (Å²) < 4.78 is 26.2. The molecule has 0 saturated carbocycles. The van der Waals surface area contributed by atoms with Gasteiger partial charge in [0.25, 0.3) is 0 Å². The summed E-state index contributed by atoms with van der Waals surface area (Å²) in [5, 5.41) is 10.9. The Morgan fingerprint density at radius 2 is 1.95 bits per heavy atom. The molecule has 0 bridgehead atoms. The summed E-state index contributed by atoms with van der Waals surface area (Å²) in [4.78, 5) is 11.0. The van der Waals surface area contributed by atoms with Crippen LogP contribution in [0.1, 0.15) is 12.0 Å². The van der Waals surface area contributed by atoms with Crippen molar-refractivity contribution in [1.82, 2.24) is 4.72 Å². The van der Waals surface area contributed by atoms with E-state index >= 15 is 0 Å². The van der Waals surface area contributed by atoms with Crippen molar-refractivity contribution >= 4 is 27.8 Å². The highest BCUT2D eigenvalue weighted by Gasteiger charge is 2.20. The molecule has 0 unspecified atom stereocenters. The molecule has 0 aliphatic carbocycles. The van der Waals surface area contributed by atoms with Gasteiger partial charge in [-0.15, -0.1) is 0 Å². The summed E-state index contributed by atoms with van der Waals surface area (Å²) in [5.41, 5.74) is 0.929. The van der Waals surface area contributed by atoms with Gasteiger partial charge in [0.1, 0.15) is 0 Å². The first-order valence-electron chi connectivity index (χ1n) is 5.65. The molecule has 1 aromatic rings. The van der Waals surface area contributed by atoms with Gasteiger partial charge < -0.3 is 9.90 Å². The van der Waals surface area contributed by atoms with Crippen LogP contribution in [0.3, 0.4) is 0 Å². The summed E-state index contributed by atoms with van der Waals surface area (Å²) >= 11 is 1.45. The third kappa shape index (κ3) is 4.85. The maximum Gasteiger partial charge on any atom is 0.241 e. The van der Waals surface area contributed by atoms with E-state index in [4.69, 9.17) is 0 Å². The third-order valence-corrected chi connectivity index (χ3v) is 4.66. The lowest BCUT2D eigenvalue weighted by Gasteiger charge is -2.19. The normalized spacial score (nSPS) is 13.2. The Kier molecular flexibility index (Phi) is 5.84. The predicted octanol–water partition coefficient (Wildman–Crippen LogP) is 0.145. The average molecular weight is 302 g/mol. The molecule has 19 heavy (non-hydrogen) atoms. The van der Waals surface area contributed by atoms with E-state index in [1.54, 1.807) is 12.1 Å². The first kappa shape index (κ1) is 16.0. The summed E-state index contributed by atoms with van der Waals surface area (Å²) in [7, 11) is -3.83. The lowest BCUT2D eigenvalue weighted by atomic mass is 10.2. The molecule has 1 N–H and O–H groups in total. The molecule has 0 aliphatic rings. The van der Waals surface area contributed by atoms with Crippen molar-refractivity contribution in [1.29, 1.82) is 0 Å². The van der Waals surface area contributed by atoms with Crippen LogP contribution in [0.25, 0.3) is 0 Å². The van der Waals surface area contributed by atoms with Crippen LogP contribution in [-0.2, 0) is 14.8 Å². The number of thioether (sulfide) groups is 1. The molecule has 0 aliphatic heterocycles. The van der Waals surface area contributed by atoms with E-state index in [2.05, 4.69) is 4.72 Å². The second kappa shape index (κ2) is 6.93. The molecule has 106 valence electrons. The van der Waals surface area contributed by atoms with Crippen LogP contribution < -0.4 is 9.83 Å². The largest absolute Gasteiger partial charge is 0.548 e. The number of carbonyl (C=O) groups is 1. The van der Waals surface area contributed by atoms with Crippen LogP contribution in [0.15, 0.2) is 29.2 Å². The minimum Gasteiger partial charge on any atom is -0.548 e. The summed E-state index contributed by atoms with van der Waals surface area (Å²) in [6.07, 6.45) is 2.01. The molecule has 1 aromatic carbocycles. The Morgan fingerprint density at radius 1 is 1.37 bits per heavy atom. The number of aliphatic carboxylic acids is 1. The molecule has 5 nitrogen and oxygen atoms in total. The molecule has 7 heteroatoms. The van der Waals surface area contributed by atoms with Crippen LogP contribution in [0.2, 0.25) is 0 Å². The molecular weight excluding hydrogens is 286 g/mol. The first-order valence-corrected chi connectivity index (χ1v) is 8.53. The van der Waals surface area contributed by atoms with E-state index in [-0.39, 0.29) is 11.3 Å². The van der Waals surface area contributed by atoms with Gasteiger partial charge in [0.05, 0.1) is 16.9 Å². The van der Waals surface area contributed by atoms with Crippen LogP contribution >= 0.6 is 11.8 Å². The van der Waals surface area contributed by atoms with E-state index in [1.807, 2.05) is 13.2 Å². The zero-order valence-electron chi connectivity index (χ0n) is 10.8. The number of carbonyl (C=O) groups excluding carboxylic acids is 1. The minimum atomic E-state index is -3.83. The van der Waals surface area contributed by atoms with E-state index in [1.165, 1.54) is 23.9 Å². The van der Waals surface area contributed by atoms with Gasteiger partial charge in [-0.1, -0.05) is 17.7 Å². The van der Waals surface area contributed by atoms with Crippen molar-refractivity contribution < 1.29 is 18.3 Å². The minimum absolute atomic E-state index is 0.0495. The number of aryl methyl sites for hydroxylation is 1. The SMILES string of the molecule is CSCC[C@@H](NS(=O)(=O)c1ccc(C)cc1)C(=O)[O-]. The van der Waals surface area contributed by atoms with Crippen molar-refractivity contribution in [2.45, 2.75) is 24.3 Å². The number of nitrogens with one attached hydrogen (secondary N) is 1. The molecule has 0 aromatic heterocycles. The Bertz CT molecular complexity index is 525. The van der Waals surface area contributed by atoms with Crippen LogP contribution in [0.4, 0.5) is 0 Å². The molecule has 0 spiro atoms. The number of hydrogen-bond donors (Lipinski definition) is 1. The van der Waals surface area contributed by atoms with E-state index < -0.39 is 22.0 Å². The average Bonchev–Trinajstić information content (AvgIpc) is 2.34. The highest BCUT2D eigenvalue weighted by atomic mass is 32.2. The third-order valence-electron chi connectivity index (χ3n) is 2.52. The molecule has 1 atom stereocenters. The van der Waals surface area contributed by atoms with Gasteiger partial charge in [0, 0.05) is 0 Å². The molecule has 0 fully saturated rings. The molecular formula is C12H16NO4S2-. The quantitative estimate of drug-likeness (QED) is 0.774. The highest BCUT2D eigenvalue weighted by molar-refractivity contribution is 7.98. The van der Waals surface area contributed by atoms with Gasteiger partial charge in [-0.2, -0.15) is 11.8 Å².